The van der Waals surface area contributed by atoms with Gasteiger partial charge in [0.25, 0.3) is 11.8 Å². The molecule has 10 heteroatoms. The minimum atomic E-state index is -0.567. The molecule has 0 unspecified atom stereocenters. The predicted octanol–water partition coefficient (Wildman–Crippen LogP) is 5.05. The first-order valence-electron chi connectivity index (χ1n) is 9.39. The average Bonchev–Trinajstić information content (AvgIpc) is 3.02. The maximum absolute atomic E-state index is 12.2. The van der Waals surface area contributed by atoms with Crippen molar-refractivity contribution >= 4 is 73.0 Å². The summed E-state index contributed by atoms with van der Waals surface area (Å²) in [5.74, 6) is -0.665. The van der Waals surface area contributed by atoms with Crippen molar-refractivity contribution in [1.29, 1.82) is 0 Å². The van der Waals surface area contributed by atoms with Gasteiger partial charge in [0, 0.05) is 15.8 Å². The zero-order valence-corrected chi connectivity index (χ0v) is 20.9. The highest BCUT2D eigenvalue weighted by Crippen LogP contribution is 2.34. The molecule has 0 aliphatic rings. The number of primary amides is 1. The number of benzene rings is 2. The zero-order chi connectivity index (χ0) is 23.3. The van der Waals surface area contributed by atoms with Gasteiger partial charge >= 0.3 is 0 Å². The lowest BCUT2D eigenvalue weighted by Crippen LogP contribution is -2.37. The Kier molecular flexibility index (Phi) is 8.25. The monoisotopic (exact) mass is 551 g/mol. The number of nitrogens with two attached hydrogens (primary N) is 1. The van der Waals surface area contributed by atoms with Crippen LogP contribution in [0.5, 0.6) is 5.75 Å². The van der Waals surface area contributed by atoms with Gasteiger partial charge in [0.15, 0.2) is 11.7 Å². The smallest absolute Gasteiger partial charge is 0.264 e. The summed E-state index contributed by atoms with van der Waals surface area (Å²) in [7, 11) is 0. The highest BCUT2D eigenvalue weighted by molar-refractivity contribution is 9.10. The Morgan fingerprint density at radius 2 is 1.94 bits per heavy atom. The number of hydrogen-bond acceptors (Lipinski definition) is 5. The van der Waals surface area contributed by atoms with Crippen LogP contribution in [0.4, 0.5) is 5.00 Å². The van der Waals surface area contributed by atoms with Gasteiger partial charge in [-0.05, 0) is 48.5 Å². The van der Waals surface area contributed by atoms with E-state index in [0.29, 0.717) is 27.8 Å². The number of ether oxygens (including phenoxy) is 1. The molecule has 0 atom stereocenters. The molecule has 6 nitrogen and oxygen atoms in total. The molecule has 4 N–H and O–H groups in total. The summed E-state index contributed by atoms with van der Waals surface area (Å²) in [5, 5.41) is 6.35. The van der Waals surface area contributed by atoms with E-state index in [1.165, 1.54) is 11.3 Å². The Hall–Kier alpha value is -2.46. The van der Waals surface area contributed by atoms with Crippen LogP contribution < -0.4 is 21.1 Å². The van der Waals surface area contributed by atoms with Crippen molar-refractivity contribution in [2.45, 2.75) is 13.3 Å². The molecule has 0 spiro atoms. The van der Waals surface area contributed by atoms with Crippen molar-refractivity contribution < 1.29 is 14.3 Å². The fourth-order valence-corrected chi connectivity index (χ4v) is 5.19. The van der Waals surface area contributed by atoms with Crippen LogP contribution in [-0.4, -0.2) is 23.5 Å². The number of rotatable bonds is 7. The minimum absolute atomic E-state index is 0.0375. The molecule has 0 saturated carbocycles. The molecule has 2 aromatic carbocycles. The molecule has 3 rings (SSSR count). The Bertz CT molecular complexity index is 1170. The quantitative estimate of drug-likeness (QED) is 0.357. The number of amides is 2. The summed E-state index contributed by atoms with van der Waals surface area (Å²) in [6.07, 6.45) is 0.653. The lowest BCUT2D eigenvalue weighted by molar-refractivity contribution is -0.121. The molecule has 0 aliphatic heterocycles. The van der Waals surface area contributed by atoms with E-state index < -0.39 is 11.8 Å². The Balaban J connectivity index is 1.65. The first kappa shape index (κ1) is 24.2. The SMILES string of the molecule is Cc1c(Cc2ccccc2)sc(NC(=S)NC(=O)COc2ccc(Br)cc2Cl)c1C(N)=O. The highest BCUT2D eigenvalue weighted by Gasteiger charge is 2.20. The summed E-state index contributed by atoms with van der Waals surface area (Å²) in [6, 6.07) is 15.0. The van der Waals surface area contributed by atoms with Crippen LogP contribution in [0, 0.1) is 6.92 Å². The van der Waals surface area contributed by atoms with Gasteiger partial charge in [-0.15, -0.1) is 11.3 Å². The van der Waals surface area contributed by atoms with E-state index in [9.17, 15) is 9.59 Å². The standard InChI is InChI=1S/C22H19BrClN3O3S2/c1-12-17(9-13-5-3-2-4-6-13)32-21(19(12)20(25)29)27-22(31)26-18(28)11-30-16-8-7-14(23)10-15(16)24/h2-8,10H,9,11H2,1H3,(H2,25,29)(H2,26,27,28,31). The lowest BCUT2D eigenvalue weighted by atomic mass is 10.1. The second kappa shape index (κ2) is 10.9. The number of anilines is 1. The summed E-state index contributed by atoms with van der Waals surface area (Å²) >= 11 is 16.0. The van der Waals surface area contributed by atoms with Gasteiger partial charge in [-0.25, -0.2) is 0 Å². The van der Waals surface area contributed by atoms with Crippen LogP contribution in [-0.2, 0) is 11.2 Å². The van der Waals surface area contributed by atoms with Crippen molar-refractivity contribution in [1.82, 2.24) is 5.32 Å². The topological polar surface area (TPSA) is 93.4 Å². The van der Waals surface area contributed by atoms with E-state index in [1.54, 1.807) is 18.2 Å². The molecule has 2 amide bonds. The van der Waals surface area contributed by atoms with Crippen molar-refractivity contribution in [3.05, 3.63) is 79.6 Å². The number of nitrogens with one attached hydrogen (secondary N) is 2. The number of thiocarbonyl (C=S) groups is 1. The number of carbonyl (C=O) groups excluding carboxylic acids is 2. The molecule has 1 aromatic heterocycles. The zero-order valence-electron chi connectivity index (χ0n) is 16.9. The average molecular weight is 553 g/mol. The second-order valence-electron chi connectivity index (χ2n) is 6.75. The maximum atomic E-state index is 12.2. The van der Waals surface area contributed by atoms with Crippen molar-refractivity contribution in [2.24, 2.45) is 5.73 Å². The molecular weight excluding hydrogens is 534 g/mol. The molecule has 1 heterocycles. The molecular formula is C22H19BrClN3O3S2. The van der Waals surface area contributed by atoms with Crippen LogP contribution in [0.15, 0.2) is 53.0 Å². The molecule has 0 bridgehead atoms. The maximum Gasteiger partial charge on any atom is 0.264 e. The van der Waals surface area contributed by atoms with Crippen molar-refractivity contribution in [3.63, 3.8) is 0 Å². The third kappa shape index (κ3) is 6.29. The van der Waals surface area contributed by atoms with Gasteiger partial charge in [0.1, 0.15) is 10.8 Å². The fraction of sp³-hybridized carbons (Fsp3) is 0.136. The number of carbonyl (C=O) groups is 2. The van der Waals surface area contributed by atoms with Gasteiger partial charge in [0.05, 0.1) is 10.6 Å². The first-order chi connectivity index (χ1) is 15.2. The Morgan fingerprint density at radius 1 is 1.22 bits per heavy atom. The highest BCUT2D eigenvalue weighted by atomic mass is 79.9. The van der Waals surface area contributed by atoms with E-state index in [0.717, 1.165) is 20.5 Å². The second-order valence-corrected chi connectivity index (χ2v) is 9.58. The first-order valence-corrected chi connectivity index (χ1v) is 11.8. The largest absolute Gasteiger partial charge is 0.482 e. The third-order valence-corrected chi connectivity index (χ3v) is 6.63. The summed E-state index contributed by atoms with van der Waals surface area (Å²) in [6.45, 7) is 1.56. The van der Waals surface area contributed by atoms with Gasteiger partial charge in [-0.2, -0.15) is 0 Å². The molecule has 0 radical (unpaired) electrons. The van der Waals surface area contributed by atoms with Crippen LogP contribution in [0.25, 0.3) is 0 Å². The van der Waals surface area contributed by atoms with Crippen molar-refractivity contribution in [3.8, 4) is 5.75 Å². The van der Waals surface area contributed by atoms with E-state index in [2.05, 4.69) is 26.6 Å². The Labute approximate surface area is 208 Å². The normalized spacial score (nSPS) is 10.5. The third-order valence-electron chi connectivity index (χ3n) is 4.43. The van der Waals surface area contributed by atoms with Crippen LogP contribution in [0.2, 0.25) is 5.02 Å². The van der Waals surface area contributed by atoms with Crippen LogP contribution in [0.3, 0.4) is 0 Å². The van der Waals surface area contributed by atoms with E-state index >= 15 is 0 Å². The van der Waals surface area contributed by atoms with E-state index in [4.69, 9.17) is 34.3 Å². The van der Waals surface area contributed by atoms with Gasteiger partial charge in [-0.3, -0.25) is 14.9 Å². The van der Waals surface area contributed by atoms with Gasteiger partial charge < -0.3 is 15.8 Å². The number of thiophene rings is 1. The molecule has 32 heavy (non-hydrogen) atoms. The molecule has 0 aliphatic carbocycles. The van der Waals surface area contributed by atoms with Crippen LogP contribution >= 0.6 is 51.1 Å². The summed E-state index contributed by atoms with van der Waals surface area (Å²) in [5.41, 5.74) is 7.85. The molecule has 0 saturated heterocycles. The predicted molar refractivity (Wildman–Crippen MR) is 136 cm³/mol. The van der Waals surface area contributed by atoms with E-state index in [-0.39, 0.29) is 11.7 Å². The fourth-order valence-electron chi connectivity index (χ4n) is 2.93. The number of hydrogen-bond donors (Lipinski definition) is 3. The summed E-state index contributed by atoms with van der Waals surface area (Å²) in [4.78, 5) is 25.3. The number of halogens is 2. The molecule has 166 valence electrons. The molecule has 0 fully saturated rings. The van der Waals surface area contributed by atoms with Crippen LogP contribution in [0.1, 0.15) is 26.4 Å². The molecule has 3 aromatic rings. The Morgan fingerprint density at radius 3 is 2.59 bits per heavy atom. The van der Waals surface area contributed by atoms with Crippen molar-refractivity contribution in [2.75, 3.05) is 11.9 Å². The van der Waals surface area contributed by atoms with Gasteiger partial charge in [0.2, 0.25) is 0 Å². The summed E-state index contributed by atoms with van der Waals surface area (Å²) < 4.78 is 6.23. The lowest BCUT2D eigenvalue weighted by Gasteiger charge is -2.11. The van der Waals surface area contributed by atoms with E-state index in [1.807, 2.05) is 37.3 Å². The minimum Gasteiger partial charge on any atom is -0.482 e. The van der Waals surface area contributed by atoms with Gasteiger partial charge in [-0.1, -0.05) is 57.9 Å².